The first-order valence-electron chi connectivity index (χ1n) is 8.68. The van der Waals surface area contributed by atoms with Crippen LogP contribution in [0, 0.1) is 0 Å². The Bertz CT molecular complexity index is 685. The molecule has 27 heavy (non-hydrogen) atoms. The van der Waals surface area contributed by atoms with E-state index in [1.54, 1.807) is 36.3 Å². The number of halogens is 1. The van der Waals surface area contributed by atoms with Gasteiger partial charge in [0, 0.05) is 42.7 Å². The molecule has 0 fully saturated rings. The normalized spacial score (nSPS) is 10.6. The molecular formula is C19H26IN5OS. The summed E-state index contributed by atoms with van der Waals surface area (Å²) in [4.78, 5) is 21.6. The van der Waals surface area contributed by atoms with Crippen molar-refractivity contribution in [3.05, 3.63) is 60.4 Å². The minimum atomic E-state index is -0.134. The van der Waals surface area contributed by atoms with Crippen LogP contribution in [0.2, 0.25) is 0 Å². The number of benzene rings is 1. The van der Waals surface area contributed by atoms with Crippen LogP contribution in [0.4, 0.5) is 0 Å². The minimum absolute atomic E-state index is 0. The zero-order valence-electron chi connectivity index (χ0n) is 15.4. The van der Waals surface area contributed by atoms with Gasteiger partial charge in [-0.2, -0.15) is 0 Å². The Morgan fingerprint density at radius 3 is 2.59 bits per heavy atom. The molecule has 146 valence electrons. The van der Waals surface area contributed by atoms with Crippen LogP contribution in [0.5, 0.6) is 0 Å². The van der Waals surface area contributed by atoms with Crippen LogP contribution in [0.25, 0.3) is 0 Å². The van der Waals surface area contributed by atoms with Crippen LogP contribution in [0.15, 0.2) is 64.7 Å². The lowest BCUT2D eigenvalue weighted by Crippen LogP contribution is -2.39. The summed E-state index contributed by atoms with van der Waals surface area (Å²) < 4.78 is 0. The average molecular weight is 499 g/mol. The van der Waals surface area contributed by atoms with E-state index >= 15 is 0 Å². The number of thioether (sulfide) groups is 1. The summed E-state index contributed by atoms with van der Waals surface area (Å²) in [5, 5.41) is 9.35. The highest BCUT2D eigenvalue weighted by Gasteiger charge is 2.03. The van der Waals surface area contributed by atoms with Crippen LogP contribution >= 0.6 is 35.7 Å². The maximum Gasteiger partial charge on any atom is 0.252 e. The van der Waals surface area contributed by atoms with E-state index in [2.05, 4.69) is 38.1 Å². The largest absolute Gasteiger partial charge is 0.357 e. The third kappa shape index (κ3) is 9.62. The number of hydrogen-bond acceptors (Lipinski definition) is 4. The lowest BCUT2D eigenvalue weighted by molar-refractivity contribution is 0.0954. The molecule has 0 bridgehead atoms. The van der Waals surface area contributed by atoms with Crippen LogP contribution in [0.3, 0.4) is 0 Å². The summed E-state index contributed by atoms with van der Waals surface area (Å²) in [6.45, 7) is 4.61. The number of carbonyl (C=O) groups is 1. The van der Waals surface area contributed by atoms with E-state index < -0.39 is 0 Å². The highest BCUT2D eigenvalue weighted by Crippen LogP contribution is 2.15. The van der Waals surface area contributed by atoms with Gasteiger partial charge in [0.2, 0.25) is 0 Å². The molecule has 0 spiro atoms. The van der Waals surface area contributed by atoms with Gasteiger partial charge in [-0.05, 0) is 31.2 Å². The van der Waals surface area contributed by atoms with Gasteiger partial charge in [-0.3, -0.25) is 14.8 Å². The molecule has 1 aromatic heterocycles. The number of pyridine rings is 1. The van der Waals surface area contributed by atoms with Gasteiger partial charge in [0.05, 0.1) is 12.1 Å². The van der Waals surface area contributed by atoms with Gasteiger partial charge in [-0.1, -0.05) is 18.2 Å². The highest BCUT2D eigenvalue weighted by atomic mass is 127. The number of nitrogens with one attached hydrogen (secondary N) is 3. The van der Waals surface area contributed by atoms with Crippen molar-refractivity contribution in [1.82, 2.24) is 20.9 Å². The van der Waals surface area contributed by atoms with Crippen molar-refractivity contribution in [3.63, 3.8) is 0 Å². The first-order chi connectivity index (χ1) is 12.8. The van der Waals surface area contributed by atoms with E-state index in [9.17, 15) is 4.79 Å². The lowest BCUT2D eigenvalue weighted by atomic mass is 10.3. The number of amides is 1. The molecule has 0 aliphatic heterocycles. The Morgan fingerprint density at radius 1 is 1.07 bits per heavy atom. The van der Waals surface area contributed by atoms with E-state index in [-0.39, 0.29) is 29.9 Å². The zero-order chi connectivity index (χ0) is 18.5. The van der Waals surface area contributed by atoms with E-state index in [1.165, 1.54) is 4.90 Å². The third-order valence-corrected chi connectivity index (χ3v) is 4.36. The third-order valence-electron chi connectivity index (χ3n) is 3.34. The fourth-order valence-electron chi connectivity index (χ4n) is 2.13. The van der Waals surface area contributed by atoms with Crippen LogP contribution in [-0.2, 0) is 0 Å². The van der Waals surface area contributed by atoms with Gasteiger partial charge < -0.3 is 16.0 Å². The van der Waals surface area contributed by atoms with E-state index in [0.29, 0.717) is 18.7 Å². The van der Waals surface area contributed by atoms with Crippen molar-refractivity contribution in [1.29, 1.82) is 0 Å². The minimum Gasteiger partial charge on any atom is -0.357 e. The van der Waals surface area contributed by atoms with Gasteiger partial charge in [-0.15, -0.1) is 35.7 Å². The fourth-order valence-corrected chi connectivity index (χ4v) is 2.92. The van der Waals surface area contributed by atoms with E-state index in [1.807, 2.05) is 25.1 Å². The Balaban J connectivity index is 0.00000364. The molecule has 1 heterocycles. The van der Waals surface area contributed by atoms with Crippen molar-refractivity contribution in [2.45, 2.75) is 11.8 Å². The molecule has 1 amide bonds. The molecule has 6 nitrogen and oxygen atoms in total. The number of rotatable bonds is 9. The molecule has 0 aliphatic rings. The average Bonchev–Trinajstić information content (AvgIpc) is 2.69. The van der Waals surface area contributed by atoms with Crippen molar-refractivity contribution in [2.24, 2.45) is 4.99 Å². The summed E-state index contributed by atoms with van der Waals surface area (Å²) in [6.07, 6.45) is 3.19. The van der Waals surface area contributed by atoms with Gasteiger partial charge in [0.1, 0.15) is 0 Å². The first kappa shape index (κ1) is 23.2. The number of aliphatic imine (C=N–C) groups is 1. The van der Waals surface area contributed by atoms with Gasteiger partial charge >= 0.3 is 0 Å². The molecule has 0 aliphatic carbocycles. The fraction of sp³-hybridized carbons (Fsp3) is 0.316. The van der Waals surface area contributed by atoms with Crippen LogP contribution in [0.1, 0.15) is 17.3 Å². The second-order valence-corrected chi connectivity index (χ2v) is 6.51. The lowest BCUT2D eigenvalue weighted by Gasteiger charge is -2.11. The highest BCUT2D eigenvalue weighted by molar-refractivity contribution is 14.0. The summed E-state index contributed by atoms with van der Waals surface area (Å²) in [7, 11) is 0. The molecule has 0 saturated heterocycles. The number of carbonyl (C=O) groups excluding carboxylic acids is 1. The zero-order valence-corrected chi connectivity index (χ0v) is 18.5. The molecule has 1 aromatic carbocycles. The maximum absolute atomic E-state index is 11.9. The topological polar surface area (TPSA) is 78.4 Å². The van der Waals surface area contributed by atoms with Crippen molar-refractivity contribution in [2.75, 3.05) is 31.9 Å². The van der Waals surface area contributed by atoms with Crippen LogP contribution < -0.4 is 16.0 Å². The van der Waals surface area contributed by atoms with Crippen LogP contribution in [-0.4, -0.2) is 48.8 Å². The Kier molecular flexibility index (Phi) is 12.3. The number of aromatic nitrogens is 1. The second-order valence-electron chi connectivity index (χ2n) is 5.35. The second kappa shape index (κ2) is 14.3. The van der Waals surface area contributed by atoms with Gasteiger partial charge in [-0.25, -0.2) is 0 Å². The summed E-state index contributed by atoms with van der Waals surface area (Å²) in [6, 6.07) is 13.8. The maximum atomic E-state index is 11.9. The number of hydrogen-bond donors (Lipinski definition) is 3. The monoisotopic (exact) mass is 499 g/mol. The van der Waals surface area contributed by atoms with E-state index in [0.717, 1.165) is 24.8 Å². The molecule has 2 rings (SSSR count). The number of nitrogens with zero attached hydrogens (tertiary/aromatic N) is 2. The van der Waals surface area contributed by atoms with Crippen molar-refractivity contribution in [3.8, 4) is 0 Å². The molecular weight excluding hydrogens is 473 g/mol. The molecule has 0 unspecified atom stereocenters. The standard InChI is InChI=1S/C19H25N5OS.HI/c1-2-21-19(24-13-14-26-17-8-4-3-5-9-17)23-12-11-22-18(25)16-7-6-10-20-15-16;/h3-10,15H,2,11-14H2,1H3,(H,22,25)(H2,21,23,24);1H. The van der Waals surface area contributed by atoms with Crippen molar-refractivity contribution < 1.29 is 4.79 Å². The Labute approximate surface area is 182 Å². The van der Waals surface area contributed by atoms with Gasteiger partial charge in [0.15, 0.2) is 5.96 Å². The Morgan fingerprint density at radius 2 is 1.89 bits per heavy atom. The molecule has 3 N–H and O–H groups in total. The van der Waals surface area contributed by atoms with E-state index in [4.69, 9.17) is 0 Å². The molecule has 0 atom stereocenters. The van der Waals surface area contributed by atoms with Gasteiger partial charge in [0.25, 0.3) is 5.91 Å². The molecule has 2 aromatic rings. The first-order valence-corrected chi connectivity index (χ1v) is 9.66. The summed E-state index contributed by atoms with van der Waals surface area (Å²) in [5.74, 6) is 1.58. The SMILES string of the molecule is CCNC(=NCCNC(=O)c1cccnc1)NCCSc1ccccc1.I. The Hall–Kier alpha value is -1.81. The molecule has 0 saturated carbocycles. The predicted octanol–water partition coefficient (Wildman–Crippen LogP) is 2.78. The summed E-state index contributed by atoms with van der Waals surface area (Å²) in [5.41, 5.74) is 0.555. The number of guanidine groups is 1. The van der Waals surface area contributed by atoms with Crippen molar-refractivity contribution >= 4 is 47.6 Å². The molecule has 8 heteroatoms. The predicted molar refractivity (Wildman–Crippen MR) is 123 cm³/mol. The molecule has 0 radical (unpaired) electrons. The quantitative estimate of drug-likeness (QED) is 0.163. The summed E-state index contributed by atoms with van der Waals surface area (Å²) >= 11 is 1.80. The smallest absolute Gasteiger partial charge is 0.252 e.